The number of aryl methyl sites for hydroxylation is 1. The summed E-state index contributed by atoms with van der Waals surface area (Å²) in [6, 6.07) is 0. The summed E-state index contributed by atoms with van der Waals surface area (Å²) in [5.41, 5.74) is -0.462. The molecular formula is C11H18N4O4. The van der Waals surface area contributed by atoms with Crippen LogP contribution in [0.5, 0.6) is 0 Å². The van der Waals surface area contributed by atoms with Crippen molar-refractivity contribution in [2.45, 2.75) is 26.4 Å². The molecule has 8 nitrogen and oxygen atoms in total. The Kier molecular flexibility index (Phi) is 5.43. The van der Waals surface area contributed by atoms with E-state index in [0.29, 0.717) is 19.6 Å². The number of amides is 1. The maximum absolute atomic E-state index is 11.7. The summed E-state index contributed by atoms with van der Waals surface area (Å²) in [4.78, 5) is 21.9. The van der Waals surface area contributed by atoms with Crippen LogP contribution in [0.25, 0.3) is 0 Å². The van der Waals surface area contributed by atoms with E-state index in [-0.39, 0.29) is 17.5 Å². The van der Waals surface area contributed by atoms with Gasteiger partial charge in [-0.2, -0.15) is 5.10 Å². The van der Waals surface area contributed by atoms with Gasteiger partial charge in [0, 0.05) is 20.2 Å². The minimum Gasteiger partial charge on any atom is -0.379 e. The summed E-state index contributed by atoms with van der Waals surface area (Å²) in [5, 5.41) is 17.1. The third kappa shape index (κ3) is 4.66. The molecule has 0 saturated carbocycles. The highest BCUT2D eigenvalue weighted by Crippen LogP contribution is 2.15. The summed E-state index contributed by atoms with van der Waals surface area (Å²) >= 11 is 0. The highest BCUT2D eigenvalue weighted by molar-refractivity contribution is 5.95. The third-order valence-corrected chi connectivity index (χ3v) is 2.28. The Morgan fingerprint density at radius 3 is 2.89 bits per heavy atom. The van der Waals surface area contributed by atoms with Crippen molar-refractivity contribution in [3.8, 4) is 0 Å². The van der Waals surface area contributed by atoms with Crippen molar-refractivity contribution in [3.63, 3.8) is 0 Å². The molecule has 1 N–H and O–H groups in total. The van der Waals surface area contributed by atoms with Crippen molar-refractivity contribution in [1.29, 1.82) is 0 Å². The number of nitro groups is 1. The van der Waals surface area contributed by atoms with E-state index in [0.717, 1.165) is 0 Å². The minimum atomic E-state index is -0.621. The van der Waals surface area contributed by atoms with Crippen LogP contribution in [0.2, 0.25) is 0 Å². The molecule has 0 fully saturated rings. The summed E-state index contributed by atoms with van der Waals surface area (Å²) < 4.78 is 6.56. The van der Waals surface area contributed by atoms with Gasteiger partial charge in [0.15, 0.2) is 0 Å². The summed E-state index contributed by atoms with van der Waals surface area (Å²) in [7, 11) is 1.53. The Labute approximate surface area is 110 Å². The van der Waals surface area contributed by atoms with Crippen LogP contribution in [0, 0.1) is 10.1 Å². The van der Waals surface area contributed by atoms with Crippen LogP contribution in [0.15, 0.2) is 6.20 Å². The number of rotatable bonds is 7. The van der Waals surface area contributed by atoms with E-state index in [2.05, 4.69) is 10.4 Å². The molecule has 0 aliphatic heterocycles. The monoisotopic (exact) mass is 270 g/mol. The smallest absolute Gasteiger partial charge is 0.320 e. The van der Waals surface area contributed by atoms with Crippen LogP contribution in [0.3, 0.4) is 0 Å². The topological polar surface area (TPSA) is 99.3 Å². The lowest BCUT2D eigenvalue weighted by molar-refractivity contribution is -0.385. The van der Waals surface area contributed by atoms with Gasteiger partial charge in [-0.25, -0.2) is 0 Å². The fourth-order valence-electron chi connectivity index (χ4n) is 1.45. The quantitative estimate of drug-likeness (QED) is 0.450. The van der Waals surface area contributed by atoms with E-state index in [1.165, 1.54) is 17.9 Å². The van der Waals surface area contributed by atoms with Gasteiger partial charge in [0.1, 0.15) is 6.20 Å². The van der Waals surface area contributed by atoms with Crippen molar-refractivity contribution < 1.29 is 14.5 Å². The average molecular weight is 270 g/mol. The molecule has 0 aliphatic carbocycles. The molecule has 0 aromatic carbocycles. The van der Waals surface area contributed by atoms with Gasteiger partial charge in [-0.05, 0) is 20.3 Å². The van der Waals surface area contributed by atoms with Gasteiger partial charge in [-0.15, -0.1) is 0 Å². The first-order chi connectivity index (χ1) is 8.91. The summed E-state index contributed by atoms with van der Waals surface area (Å²) in [6.07, 6.45) is 1.99. The lowest BCUT2D eigenvalue weighted by Gasteiger charge is -2.07. The van der Waals surface area contributed by atoms with E-state index < -0.39 is 10.8 Å². The van der Waals surface area contributed by atoms with Crippen molar-refractivity contribution >= 4 is 11.6 Å². The predicted octanol–water partition coefficient (Wildman–Crippen LogP) is 0.873. The molecule has 0 aliphatic rings. The van der Waals surface area contributed by atoms with Crippen LogP contribution in [0.4, 0.5) is 5.69 Å². The molecule has 8 heteroatoms. The van der Waals surface area contributed by atoms with Crippen LogP contribution in [-0.2, 0) is 11.8 Å². The molecule has 0 unspecified atom stereocenters. The second-order valence-corrected chi connectivity index (χ2v) is 4.32. The molecule has 1 aromatic heterocycles. The lowest BCUT2D eigenvalue weighted by Crippen LogP contribution is -2.26. The van der Waals surface area contributed by atoms with Gasteiger partial charge in [0.25, 0.3) is 5.91 Å². The number of ether oxygens (including phenoxy) is 1. The van der Waals surface area contributed by atoms with Gasteiger partial charge >= 0.3 is 5.69 Å². The SMILES string of the molecule is CC(C)OCCCNC(=O)c1nn(C)cc1[N+](=O)[O-]. The Balaban J connectivity index is 2.48. The first-order valence-corrected chi connectivity index (χ1v) is 5.99. The Bertz CT molecular complexity index is 456. The van der Waals surface area contributed by atoms with E-state index >= 15 is 0 Å². The van der Waals surface area contributed by atoms with Gasteiger partial charge in [0.2, 0.25) is 5.69 Å². The number of carbonyl (C=O) groups excluding carboxylic acids is 1. The van der Waals surface area contributed by atoms with Crippen molar-refractivity contribution in [2.75, 3.05) is 13.2 Å². The van der Waals surface area contributed by atoms with E-state index in [4.69, 9.17) is 4.74 Å². The van der Waals surface area contributed by atoms with Crippen LogP contribution in [-0.4, -0.2) is 39.9 Å². The van der Waals surface area contributed by atoms with Crippen molar-refractivity contribution in [2.24, 2.45) is 7.05 Å². The number of nitrogens with zero attached hydrogens (tertiary/aromatic N) is 3. The fourth-order valence-corrected chi connectivity index (χ4v) is 1.45. The molecule has 1 amide bonds. The molecule has 1 rings (SSSR count). The first kappa shape index (κ1) is 15.1. The molecule has 19 heavy (non-hydrogen) atoms. The van der Waals surface area contributed by atoms with E-state index in [1.807, 2.05) is 13.8 Å². The zero-order valence-corrected chi connectivity index (χ0v) is 11.3. The zero-order chi connectivity index (χ0) is 14.4. The Morgan fingerprint density at radius 2 is 2.32 bits per heavy atom. The fraction of sp³-hybridized carbons (Fsp3) is 0.636. The molecule has 0 spiro atoms. The number of hydrogen-bond donors (Lipinski definition) is 1. The van der Waals surface area contributed by atoms with Crippen LogP contribution in [0.1, 0.15) is 30.8 Å². The van der Waals surface area contributed by atoms with Gasteiger partial charge in [-0.1, -0.05) is 0 Å². The van der Waals surface area contributed by atoms with Crippen LogP contribution >= 0.6 is 0 Å². The summed E-state index contributed by atoms with van der Waals surface area (Å²) in [6.45, 7) is 4.77. The van der Waals surface area contributed by atoms with Crippen molar-refractivity contribution in [3.05, 3.63) is 22.0 Å². The summed E-state index contributed by atoms with van der Waals surface area (Å²) in [5.74, 6) is -0.545. The molecular weight excluding hydrogens is 252 g/mol. The van der Waals surface area contributed by atoms with Crippen LogP contribution < -0.4 is 5.32 Å². The molecule has 106 valence electrons. The highest BCUT2D eigenvalue weighted by Gasteiger charge is 2.24. The average Bonchev–Trinajstić information content (AvgIpc) is 2.70. The molecule has 1 heterocycles. The number of hydrogen-bond acceptors (Lipinski definition) is 5. The van der Waals surface area contributed by atoms with Crippen molar-refractivity contribution in [1.82, 2.24) is 15.1 Å². The molecule has 0 atom stereocenters. The third-order valence-electron chi connectivity index (χ3n) is 2.28. The minimum absolute atomic E-state index is 0.146. The second kappa shape index (κ2) is 6.83. The van der Waals surface area contributed by atoms with Gasteiger partial charge < -0.3 is 10.1 Å². The normalized spacial score (nSPS) is 10.7. The van der Waals surface area contributed by atoms with Gasteiger partial charge in [-0.3, -0.25) is 19.6 Å². The largest absolute Gasteiger partial charge is 0.379 e. The standard InChI is InChI=1S/C11H18N4O4/c1-8(2)19-6-4-5-12-11(16)10-9(15(17)18)7-14(3)13-10/h7-8H,4-6H2,1-3H3,(H,12,16). The van der Waals surface area contributed by atoms with E-state index in [9.17, 15) is 14.9 Å². The Morgan fingerprint density at radius 1 is 1.63 bits per heavy atom. The molecule has 0 saturated heterocycles. The highest BCUT2D eigenvalue weighted by atomic mass is 16.6. The molecule has 0 radical (unpaired) electrons. The Hall–Kier alpha value is -1.96. The number of aromatic nitrogens is 2. The molecule has 1 aromatic rings. The number of carbonyl (C=O) groups is 1. The maximum Gasteiger partial charge on any atom is 0.320 e. The lowest BCUT2D eigenvalue weighted by atomic mass is 10.3. The van der Waals surface area contributed by atoms with Gasteiger partial charge in [0.05, 0.1) is 11.0 Å². The first-order valence-electron chi connectivity index (χ1n) is 5.99. The second-order valence-electron chi connectivity index (χ2n) is 4.32. The maximum atomic E-state index is 11.7. The molecule has 0 bridgehead atoms. The van der Waals surface area contributed by atoms with E-state index in [1.54, 1.807) is 0 Å². The predicted molar refractivity (Wildman–Crippen MR) is 67.9 cm³/mol. The number of nitrogens with one attached hydrogen (secondary N) is 1. The zero-order valence-electron chi connectivity index (χ0n) is 11.3.